The summed E-state index contributed by atoms with van der Waals surface area (Å²) >= 11 is 0. The van der Waals surface area contributed by atoms with E-state index >= 15 is 0 Å². The molecule has 0 aliphatic carbocycles. The van der Waals surface area contributed by atoms with E-state index in [4.69, 9.17) is 10.5 Å². The highest BCUT2D eigenvalue weighted by molar-refractivity contribution is 5.85. The highest BCUT2D eigenvalue weighted by atomic mass is 16.5. The molecule has 0 saturated carbocycles. The minimum absolute atomic E-state index is 0.255. The summed E-state index contributed by atoms with van der Waals surface area (Å²) in [5.41, 5.74) is 13.0. The zero-order valence-corrected chi connectivity index (χ0v) is 19.0. The number of hydrogen-bond acceptors (Lipinski definition) is 6. The molecule has 33 heavy (non-hydrogen) atoms. The highest BCUT2D eigenvalue weighted by Crippen LogP contribution is 2.28. The first-order valence-electron chi connectivity index (χ1n) is 11.1. The lowest BCUT2D eigenvalue weighted by Crippen LogP contribution is -2.08. The molecule has 0 saturated heterocycles. The van der Waals surface area contributed by atoms with Crippen LogP contribution in [0.5, 0.6) is 5.75 Å². The maximum Gasteiger partial charge on any atom is 0.222 e. The van der Waals surface area contributed by atoms with E-state index in [1.807, 2.05) is 45.0 Å². The average molecular weight is 442 g/mol. The lowest BCUT2D eigenvalue weighted by atomic mass is 10.0. The monoisotopic (exact) mass is 441 g/mol. The minimum Gasteiger partial charge on any atom is -0.494 e. The Kier molecular flexibility index (Phi) is 5.34. The molecule has 0 aliphatic heterocycles. The second kappa shape index (κ2) is 8.46. The van der Waals surface area contributed by atoms with Gasteiger partial charge in [0.15, 0.2) is 0 Å². The van der Waals surface area contributed by atoms with E-state index in [0.717, 1.165) is 63.7 Å². The van der Waals surface area contributed by atoms with Crippen molar-refractivity contribution in [2.24, 2.45) is 0 Å². The average Bonchev–Trinajstić information content (AvgIpc) is 3.35. The van der Waals surface area contributed by atoms with Crippen molar-refractivity contribution in [2.45, 2.75) is 33.6 Å². The van der Waals surface area contributed by atoms with E-state index in [1.165, 1.54) is 10.9 Å². The fourth-order valence-corrected chi connectivity index (χ4v) is 4.25. The number of aromatic amines is 2. The number of nitrogens with one attached hydrogen (secondary N) is 3. The van der Waals surface area contributed by atoms with E-state index in [0.29, 0.717) is 6.61 Å². The SMILES string of the molecule is CCOc1ccc2[nH]cc(CCc3c(C)nc(N)nc3Nc3ccc4nc(C)[nH]c4c3)c2c1. The second-order valence-corrected chi connectivity index (χ2v) is 8.13. The number of rotatable bonds is 7. The van der Waals surface area contributed by atoms with Crippen molar-refractivity contribution in [1.82, 2.24) is 24.9 Å². The van der Waals surface area contributed by atoms with Gasteiger partial charge in [0.05, 0.1) is 17.6 Å². The molecule has 0 amide bonds. The Hall–Kier alpha value is -4.07. The van der Waals surface area contributed by atoms with Crippen LogP contribution in [0, 0.1) is 13.8 Å². The second-order valence-electron chi connectivity index (χ2n) is 8.13. The van der Waals surface area contributed by atoms with Crippen molar-refractivity contribution in [3.63, 3.8) is 0 Å². The van der Waals surface area contributed by atoms with Gasteiger partial charge in [-0.1, -0.05) is 0 Å². The van der Waals surface area contributed by atoms with Crippen LogP contribution >= 0.6 is 0 Å². The molecule has 8 heteroatoms. The number of imidazole rings is 1. The van der Waals surface area contributed by atoms with E-state index in [1.54, 1.807) is 0 Å². The molecule has 0 radical (unpaired) electrons. The predicted octanol–water partition coefficient (Wildman–Crippen LogP) is 4.96. The Labute approximate surface area is 191 Å². The lowest BCUT2D eigenvalue weighted by Gasteiger charge is -2.14. The van der Waals surface area contributed by atoms with Crippen LogP contribution in [-0.4, -0.2) is 31.5 Å². The molecule has 3 heterocycles. The van der Waals surface area contributed by atoms with E-state index < -0.39 is 0 Å². The largest absolute Gasteiger partial charge is 0.494 e. The molecular weight excluding hydrogens is 414 g/mol. The third-order valence-electron chi connectivity index (χ3n) is 5.79. The van der Waals surface area contributed by atoms with Crippen LogP contribution in [0.4, 0.5) is 17.5 Å². The summed E-state index contributed by atoms with van der Waals surface area (Å²) in [5, 5.41) is 4.61. The number of nitrogens with two attached hydrogens (primary N) is 1. The van der Waals surface area contributed by atoms with E-state index in [2.05, 4.69) is 48.6 Å². The summed E-state index contributed by atoms with van der Waals surface area (Å²) in [4.78, 5) is 20.0. The standard InChI is InChI=1S/C25H27N7O/c1-4-33-18-7-10-21-20(12-18)16(13-27-21)5-8-19-14(2)28-25(26)32-24(19)31-17-6-9-22-23(11-17)30-15(3)29-22/h6-7,9-13,27H,4-5,8H2,1-3H3,(H,29,30)(H3,26,28,31,32). The molecule has 5 rings (SSSR count). The summed E-state index contributed by atoms with van der Waals surface area (Å²) < 4.78 is 5.69. The Bertz CT molecular complexity index is 1450. The summed E-state index contributed by atoms with van der Waals surface area (Å²) in [6.45, 7) is 6.56. The lowest BCUT2D eigenvalue weighted by molar-refractivity contribution is 0.340. The Balaban J connectivity index is 1.43. The number of ether oxygens (including phenoxy) is 1. The van der Waals surface area contributed by atoms with Crippen LogP contribution in [-0.2, 0) is 12.8 Å². The predicted molar refractivity (Wildman–Crippen MR) is 132 cm³/mol. The van der Waals surface area contributed by atoms with E-state index in [9.17, 15) is 0 Å². The molecule has 0 atom stereocenters. The van der Waals surface area contributed by atoms with Gasteiger partial charge in [0.1, 0.15) is 17.4 Å². The minimum atomic E-state index is 0.255. The first-order valence-corrected chi connectivity index (χ1v) is 11.1. The molecule has 0 aliphatic rings. The molecule has 3 aromatic heterocycles. The van der Waals surface area contributed by atoms with Gasteiger partial charge < -0.3 is 25.8 Å². The molecule has 5 aromatic rings. The summed E-state index contributed by atoms with van der Waals surface area (Å²) in [6.07, 6.45) is 3.66. The van der Waals surface area contributed by atoms with Gasteiger partial charge in [-0.15, -0.1) is 0 Å². The maximum atomic E-state index is 5.99. The number of H-pyrrole nitrogens is 2. The Morgan fingerprint density at radius 3 is 2.73 bits per heavy atom. The number of nitrogen functional groups attached to an aromatic ring is 1. The first kappa shape index (κ1) is 20.8. The van der Waals surface area contributed by atoms with Gasteiger partial charge in [-0.05, 0) is 75.6 Å². The quantitative estimate of drug-likeness (QED) is 0.283. The molecule has 8 nitrogen and oxygen atoms in total. The van der Waals surface area contributed by atoms with Crippen LogP contribution < -0.4 is 15.8 Å². The third-order valence-corrected chi connectivity index (χ3v) is 5.79. The molecule has 168 valence electrons. The van der Waals surface area contributed by atoms with E-state index in [-0.39, 0.29) is 5.95 Å². The zero-order valence-electron chi connectivity index (χ0n) is 19.0. The van der Waals surface area contributed by atoms with Gasteiger partial charge >= 0.3 is 0 Å². The fourth-order valence-electron chi connectivity index (χ4n) is 4.25. The van der Waals surface area contributed by atoms with Gasteiger partial charge in [0.2, 0.25) is 5.95 Å². The van der Waals surface area contributed by atoms with Crippen LogP contribution in [0.25, 0.3) is 21.9 Å². The van der Waals surface area contributed by atoms with Crippen LogP contribution in [0.3, 0.4) is 0 Å². The van der Waals surface area contributed by atoms with Crippen LogP contribution in [0.2, 0.25) is 0 Å². The number of aromatic nitrogens is 5. The van der Waals surface area contributed by atoms with Crippen molar-refractivity contribution < 1.29 is 4.74 Å². The fraction of sp³-hybridized carbons (Fsp3) is 0.240. The summed E-state index contributed by atoms with van der Waals surface area (Å²) in [6, 6.07) is 12.2. The van der Waals surface area contributed by atoms with Crippen molar-refractivity contribution in [3.05, 3.63) is 65.2 Å². The zero-order chi connectivity index (χ0) is 22.9. The Morgan fingerprint density at radius 1 is 1.00 bits per heavy atom. The summed E-state index contributed by atoms with van der Waals surface area (Å²) in [5.74, 6) is 2.75. The number of anilines is 3. The van der Waals surface area contributed by atoms with Crippen molar-refractivity contribution >= 4 is 39.4 Å². The van der Waals surface area contributed by atoms with Crippen LogP contribution in [0.15, 0.2) is 42.6 Å². The molecule has 0 unspecified atom stereocenters. The number of nitrogens with zero attached hydrogens (tertiary/aromatic N) is 3. The number of fused-ring (bicyclic) bond motifs is 2. The smallest absolute Gasteiger partial charge is 0.222 e. The van der Waals surface area contributed by atoms with Gasteiger partial charge in [-0.25, -0.2) is 9.97 Å². The number of aryl methyl sites for hydroxylation is 3. The molecule has 0 bridgehead atoms. The molecule has 0 fully saturated rings. The van der Waals surface area contributed by atoms with Gasteiger partial charge in [0.25, 0.3) is 0 Å². The Morgan fingerprint density at radius 2 is 1.88 bits per heavy atom. The van der Waals surface area contributed by atoms with Crippen LogP contribution in [0.1, 0.15) is 29.6 Å². The van der Waals surface area contributed by atoms with Crippen molar-refractivity contribution in [1.29, 1.82) is 0 Å². The normalized spacial score (nSPS) is 11.4. The molecular formula is C25H27N7O. The first-order chi connectivity index (χ1) is 16.0. The van der Waals surface area contributed by atoms with Gasteiger partial charge in [0, 0.05) is 34.0 Å². The highest BCUT2D eigenvalue weighted by Gasteiger charge is 2.14. The van der Waals surface area contributed by atoms with Gasteiger partial charge in [-0.3, -0.25) is 0 Å². The number of hydrogen-bond donors (Lipinski definition) is 4. The van der Waals surface area contributed by atoms with Crippen molar-refractivity contribution in [2.75, 3.05) is 17.7 Å². The third kappa shape index (κ3) is 4.19. The summed E-state index contributed by atoms with van der Waals surface area (Å²) in [7, 11) is 0. The number of benzene rings is 2. The molecule has 5 N–H and O–H groups in total. The maximum absolute atomic E-state index is 5.99. The topological polar surface area (TPSA) is 118 Å². The molecule has 2 aromatic carbocycles. The van der Waals surface area contributed by atoms with Crippen molar-refractivity contribution in [3.8, 4) is 5.75 Å². The molecule has 0 spiro atoms. The van der Waals surface area contributed by atoms with Gasteiger partial charge in [-0.2, -0.15) is 4.98 Å².